The van der Waals surface area contributed by atoms with Crippen molar-refractivity contribution in [2.24, 2.45) is 0 Å². The molecule has 0 fully saturated rings. The lowest BCUT2D eigenvalue weighted by molar-refractivity contribution is 0.414. The van der Waals surface area contributed by atoms with Gasteiger partial charge in [0.15, 0.2) is 0 Å². The van der Waals surface area contributed by atoms with Gasteiger partial charge in [-0.3, -0.25) is 9.48 Å². The van der Waals surface area contributed by atoms with Crippen LogP contribution in [0.4, 0.5) is 0 Å². The predicted molar refractivity (Wildman–Crippen MR) is 96.8 cm³/mol. The number of aromatic nitrogens is 5. The number of nitrogens with zero attached hydrogens (tertiary/aromatic N) is 4. The highest BCUT2D eigenvalue weighted by molar-refractivity contribution is 9.10. The topological polar surface area (TPSA) is 77.2 Å². The molecule has 0 unspecified atom stereocenters. The van der Waals surface area contributed by atoms with Gasteiger partial charge < -0.3 is 9.72 Å². The van der Waals surface area contributed by atoms with E-state index in [9.17, 15) is 4.79 Å². The molecule has 4 aromatic rings. The average molecular weight is 400 g/mol. The van der Waals surface area contributed by atoms with Gasteiger partial charge in [-0.1, -0.05) is 12.1 Å². The summed E-state index contributed by atoms with van der Waals surface area (Å²) in [6, 6.07) is 9.49. The predicted octanol–water partition coefficient (Wildman–Crippen LogP) is 2.71. The molecule has 0 saturated carbocycles. The molecular formula is C17H14BrN5O2. The lowest BCUT2D eigenvalue weighted by Crippen LogP contribution is -2.12. The van der Waals surface area contributed by atoms with E-state index in [-0.39, 0.29) is 5.56 Å². The monoisotopic (exact) mass is 399 g/mol. The third-order valence-electron chi connectivity index (χ3n) is 3.93. The van der Waals surface area contributed by atoms with Crippen molar-refractivity contribution >= 4 is 21.4 Å². The van der Waals surface area contributed by atoms with E-state index in [1.165, 1.54) is 0 Å². The molecule has 0 aliphatic rings. The first-order chi connectivity index (χ1) is 12.2. The Balaban J connectivity index is 1.67. The van der Waals surface area contributed by atoms with Crippen molar-refractivity contribution in [1.29, 1.82) is 0 Å². The summed E-state index contributed by atoms with van der Waals surface area (Å²) < 4.78 is 9.22. The molecule has 25 heavy (non-hydrogen) atoms. The minimum atomic E-state index is -0.196. The van der Waals surface area contributed by atoms with Gasteiger partial charge in [0.05, 0.1) is 31.7 Å². The summed E-state index contributed by atoms with van der Waals surface area (Å²) in [6.45, 7) is 0.621. The summed E-state index contributed by atoms with van der Waals surface area (Å²) in [5.41, 5.74) is 2.84. The minimum absolute atomic E-state index is 0.196. The Morgan fingerprint density at radius 2 is 2.00 bits per heavy atom. The van der Waals surface area contributed by atoms with Crippen LogP contribution in [0, 0.1) is 0 Å². The second kappa shape index (κ2) is 6.21. The number of halogens is 1. The normalized spacial score (nSPS) is 11.1. The second-order valence-electron chi connectivity index (χ2n) is 5.52. The first kappa shape index (κ1) is 15.6. The fraction of sp³-hybridized carbons (Fsp3) is 0.118. The third-order valence-corrected chi connectivity index (χ3v) is 4.66. The zero-order valence-electron chi connectivity index (χ0n) is 13.3. The highest BCUT2D eigenvalue weighted by Crippen LogP contribution is 2.25. The maximum absolute atomic E-state index is 12.2. The number of ether oxygens (including phenoxy) is 1. The molecule has 1 N–H and O–H groups in total. The van der Waals surface area contributed by atoms with Crippen LogP contribution in [-0.4, -0.2) is 31.5 Å². The summed E-state index contributed by atoms with van der Waals surface area (Å²) in [4.78, 5) is 15.0. The van der Waals surface area contributed by atoms with E-state index in [1.807, 2.05) is 35.1 Å². The van der Waals surface area contributed by atoms with E-state index in [4.69, 9.17) is 4.74 Å². The van der Waals surface area contributed by atoms with E-state index in [2.05, 4.69) is 31.1 Å². The summed E-state index contributed by atoms with van der Waals surface area (Å²) in [5.74, 6) is 0.818. The van der Waals surface area contributed by atoms with Crippen molar-refractivity contribution in [3.8, 4) is 17.0 Å². The Bertz CT molecular complexity index is 1090. The number of methoxy groups -OCH3 is 1. The van der Waals surface area contributed by atoms with Gasteiger partial charge in [0, 0.05) is 11.8 Å². The van der Waals surface area contributed by atoms with Crippen molar-refractivity contribution in [3.63, 3.8) is 0 Å². The molecule has 8 heteroatoms. The molecule has 126 valence electrons. The number of benzene rings is 1. The first-order valence-corrected chi connectivity index (χ1v) is 8.36. The highest BCUT2D eigenvalue weighted by atomic mass is 79.9. The Labute approximate surface area is 151 Å². The van der Waals surface area contributed by atoms with E-state index in [0.29, 0.717) is 22.4 Å². The lowest BCUT2D eigenvalue weighted by atomic mass is 10.2. The van der Waals surface area contributed by atoms with Crippen LogP contribution >= 0.6 is 15.9 Å². The molecule has 3 aromatic heterocycles. The Morgan fingerprint density at radius 1 is 1.20 bits per heavy atom. The maximum atomic E-state index is 12.2. The number of rotatable bonds is 4. The van der Waals surface area contributed by atoms with Crippen LogP contribution in [0.15, 0.2) is 58.3 Å². The largest absolute Gasteiger partial charge is 0.497 e. The van der Waals surface area contributed by atoms with Crippen molar-refractivity contribution in [1.82, 2.24) is 24.4 Å². The molecule has 0 radical (unpaired) electrons. The van der Waals surface area contributed by atoms with E-state index >= 15 is 0 Å². The second-order valence-corrected chi connectivity index (χ2v) is 6.27. The van der Waals surface area contributed by atoms with Crippen LogP contribution in [0.2, 0.25) is 0 Å². The summed E-state index contributed by atoms with van der Waals surface area (Å²) in [7, 11) is 1.64. The first-order valence-electron chi connectivity index (χ1n) is 7.57. The maximum Gasteiger partial charge on any atom is 0.274 e. The van der Waals surface area contributed by atoms with Gasteiger partial charge in [0.2, 0.25) is 0 Å². The molecule has 7 nitrogen and oxygen atoms in total. The van der Waals surface area contributed by atoms with Gasteiger partial charge in [0.25, 0.3) is 5.56 Å². The highest BCUT2D eigenvalue weighted by Gasteiger charge is 2.13. The van der Waals surface area contributed by atoms with E-state index in [0.717, 1.165) is 16.9 Å². The number of nitrogens with one attached hydrogen (secondary N) is 1. The van der Waals surface area contributed by atoms with Crippen LogP contribution in [0.1, 0.15) is 5.56 Å². The van der Waals surface area contributed by atoms with Gasteiger partial charge in [0.1, 0.15) is 15.9 Å². The van der Waals surface area contributed by atoms with Crippen LogP contribution in [-0.2, 0) is 6.54 Å². The Kier molecular flexibility index (Phi) is 3.89. The molecule has 4 rings (SSSR count). The molecule has 0 spiro atoms. The molecule has 0 aliphatic carbocycles. The van der Waals surface area contributed by atoms with Gasteiger partial charge in [-0.15, -0.1) is 0 Å². The van der Waals surface area contributed by atoms with Crippen molar-refractivity contribution in [3.05, 3.63) is 69.4 Å². The molecule has 1 aromatic carbocycles. The molecule has 0 atom stereocenters. The zero-order chi connectivity index (χ0) is 17.4. The SMILES string of the molecule is COc1ccc(Cn2cc(-c3[nH]c(=O)c4ccnn4c3Br)cn2)cc1. The number of hydrogen-bond acceptors (Lipinski definition) is 4. The smallest absolute Gasteiger partial charge is 0.274 e. The van der Waals surface area contributed by atoms with Gasteiger partial charge in [-0.2, -0.15) is 10.2 Å². The lowest BCUT2D eigenvalue weighted by Gasteiger charge is -2.05. The summed E-state index contributed by atoms with van der Waals surface area (Å²) >= 11 is 3.50. The van der Waals surface area contributed by atoms with Gasteiger partial charge in [-0.25, -0.2) is 4.52 Å². The van der Waals surface area contributed by atoms with Crippen LogP contribution in [0.3, 0.4) is 0 Å². The summed E-state index contributed by atoms with van der Waals surface area (Å²) in [6.07, 6.45) is 5.19. The van der Waals surface area contributed by atoms with Gasteiger partial charge in [-0.05, 0) is 39.7 Å². The molecule has 0 bridgehead atoms. The van der Waals surface area contributed by atoms with E-state index in [1.54, 1.807) is 30.1 Å². The average Bonchev–Trinajstić information content (AvgIpc) is 3.29. The zero-order valence-corrected chi connectivity index (χ0v) is 14.9. The quantitative estimate of drug-likeness (QED) is 0.572. The molecule has 0 aliphatic heterocycles. The van der Waals surface area contributed by atoms with Gasteiger partial charge >= 0.3 is 0 Å². The fourth-order valence-electron chi connectivity index (χ4n) is 2.66. The minimum Gasteiger partial charge on any atom is -0.497 e. The number of aromatic amines is 1. The summed E-state index contributed by atoms with van der Waals surface area (Å²) in [5, 5.41) is 8.55. The van der Waals surface area contributed by atoms with E-state index < -0.39 is 0 Å². The molecule has 3 heterocycles. The molecule has 0 amide bonds. The number of hydrogen-bond donors (Lipinski definition) is 1. The number of H-pyrrole nitrogens is 1. The van der Waals surface area contributed by atoms with Crippen LogP contribution in [0.5, 0.6) is 5.75 Å². The third kappa shape index (κ3) is 2.85. The van der Waals surface area contributed by atoms with Crippen LogP contribution in [0.25, 0.3) is 16.8 Å². The molecule has 0 saturated heterocycles. The number of fused-ring (bicyclic) bond motifs is 1. The standard InChI is InChI=1S/C17H14BrN5O2/c1-25-13-4-2-11(3-5-13)9-22-10-12(8-20-22)15-16(18)23-14(6-7-19-23)17(24)21-15/h2-8,10H,9H2,1H3,(H,21,24). The fourth-order valence-corrected chi connectivity index (χ4v) is 3.27. The Hall–Kier alpha value is -2.87. The van der Waals surface area contributed by atoms with Crippen molar-refractivity contribution in [2.45, 2.75) is 6.54 Å². The van der Waals surface area contributed by atoms with Crippen molar-refractivity contribution < 1.29 is 4.74 Å². The van der Waals surface area contributed by atoms with Crippen LogP contribution < -0.4 is 10.3 Å². The Morgan fingerprint density at radius 3 is 2.76 bits per heavy atom. The molecular weight excluding hydrogens is 386 g/mol. The van der Waals surface area contributed by atoms with Crippen molar-refractivity contribution in [2.75, 3.05) is 7.11 Å².